The van der Waals surface area contributed by atoms with E-state index in [2.05, 4.69) is 10.6 Å². The number of nitrogens with one attached hydrogen (secondary N) is 2. The summed E-state index contributed by atoms with van der Waals surface area (Å²) < 4.78 is 0. The van der Waals surface area contributed by atoms with Crippen LogP contribution in [0.25, 0.3) is 10.8 Å². The second-order valence-corrected chi connectivity index (χ2v) is 7.24. The molecule has 6 heteroatoms. The molecule has 3 aromatic carbocycles. The van der Waals surface area contributed by atoms with Crippen molar-refractivity contribution in [2.24, 2.45) is 0 Å². The molecule has 0 aromatic heterocycles. The Hall–Kier alpha value is -2.60. The number of hydrogen-bond acceptors (Lipinski definition) is 4. The second kappa shape index (κ2) is 9.06. The number of aliphatic hydroxyl groups is 1. The van der Waals surface area contributed by atoms with Gasteiger partial charge in [0.15, 0.2) is 0 Å². The number of carboxylic acid groups (broad SMARTS) is 1. The van der Waals surface area contributed by atoms with Crippen LogP contribution in [0.2, 0.25) is 5.02 Å². The Kier molecular flexibility index (Phi) is 6.52. The van der Waals surface area contributed by atoms with E-state index < -0.39 is 12.1 Å². The van der Waals surface area contributed by atoms with Crippen LogP contribution in [0.1, 0.15) is 28.9 Å². The summed E-state index contributed by atoms with van der Waals surface area (Å²) >= 11 is 5.96. The van der Waals surface area contributed by atoms with Crippen molar-refractivity contribution in [3.05, 3.63) is 76.8 Å². The minimum atomic E-state index is -0.928. The van der Waals surface area contributed by atoms with Crippen molar-refractivity contribution in [2.75, 3.05) is 18.4 Å². The maximum Gasteiger partial charge on any atom is 0.336 e. The number of anilines is 1. The molecule has 0 spiro atoms. The molecule has 2 unspecified atom stereocenters. The van der Waals surface area contributed by atoms with E-state index in [4.69, 9.17) is 11.6 Å². The average Bonchev–Trinajstić information content (AvgIpc) is 2.69. The van der Waals surface area contributed by atoms with E-state index in [1.165, 1.54) is 0 Å². The highest BCUT2D eigenvalue weighted by Crippen LogP contribution is 2.23. The monoisotopic (exact) mass is 398 g/mol. The molecule has 0 radical (unpaired) electrons. The Morgan fingerprint density at radius 2 is 1.86 bits per heavy atom. The molecule has 3 aromatic rings. The first-order valence-corrected chi connectivity index (χ1v) is 9.48. The highest BCUT2D eigenvalue weighted by Gasteiger charge is 2.11. The molecule has 5 nitrogen and oxygen atoms in total. The number of carbonyl (C=O) groups is 1. The van der Waals surface area contributed by atoms with Crippen molar-refractivity contribution in [1.82, 2.24) is 5.32 Å². The summed E-state index contributed by atoms with van der Waals surface area (Å²) in [7, 11) is 0. The Labute approximate surface area is 169 Å². The molecule has 0 aliphatic heterocycles. The number of aromatic carboxylic acids is 1. The van der Waals surface area contributed by atoms with Gasteiger partial charge in [0, 0.05) is 29.8 Å². The lowest BCUT2D eigenvalue weighted by Crippen LogP contribution is -2.35. The summed E-state index contributed by atoms with van der Waals surface area (Å²) in [5.74, 6) is -0.928. The lowest BCUT2D eigenvalue weighted by atomic mass is 10.0. The van der Waals surface area contributed by atoms with Crippen molar-refractivity contribution in [3.8, 4) is 0 Å². The van der Waals surface area contributed by atoms with Crippen molar-refractivity contribution >= 4 is 34.0 Å². The average molecular weight is 399 g/mol. The molecule has 0 heterocycles. The van der Waals surface area contributed by atoms with Gasteiger partial charge < -0.3 is 20.8 Å². The Balaban J connectivity index is 1.55. The molecular formula is C22H23ClN2O3. The quantitative estimate of drug-likeness (QED) is 0.454. The Bertz CT molecular complexity index is 977. The van der Waals surface area contributed by atoms with Crippen LogP contribution >= 0.6 is 11.6 Å². The minimum absolute atomic E-state index is 0.120. The predicted molar refractivity (Wildman–Crippen MR) is 113 cm³/mol. The minimum Gasteiger partial charge on any atom is -0.478 e. The fourth-order valence-corrected chi connectivity index (χ4v) is 3.27. The van der Waals surface area contributed by atoms with E-state index in [1.54, 1.807) is 24.3 Å². The molecule has 0 saturated heterocycles. The number of aliphatic hydroxyl groups excluding tert-OH is 1. The number of carboxylic acids is 1. The van der Waals surface area contributed by atoms with Gasteiger partial charge in [-0.1, -0.05) is 41.9 Å². The fraction of sp³-hybridized carbons (Fsp3) is 0.227. The van der Waals surface area contributed by atoms with E-state index in [0.29, 0.717) is 23.7 Å². The molecule has 2 atom stereocenters. The number of rotatable bonds is 8. The first-order valence-electron chi connectivity index (χ1n) is 9.11. The molecule has 0 amide bonds. The third-order valence-electron chi connectivity index (χ3n) is 4.62. The molecule has 146 valence electrons. The van der Waals surface area contributed by atoms with E-state index in [0.717, 1.165) is 22.0 Å². The standard InChI is InChI=1S/C22H23ClN2O3/c1-14(24-13-21(26)16-5-2-6-17(23)10-16)12-25-18-8-9-19-15(11-18)4-3-7-20(19)22(27)28/h2-11,14,21,24-26H,12-13H2,1H3,(H,27,28). The van der Waals surface area contributed by atoms with Gasteiger partial charge in [-0.2, -0.15) is 0 Å². The second-order valence-electron chi connectivity index (χ2n) is 6.81. The van der Waals surface area contributed by atoms with Gasteiger partial charge in [0.05, 0.1) is 11.7 Å². The highest BCUT2D eigenvalue weighted by atomic mass is 35.5. The van der Waals surface area contributed by atoms with Crippen molar-refractivity contribution < 1.29 is 15.0 Å². The lowest BCUT2D eigenvalue weighted by Gasteiger charge is -2.19. The zero-order valence-corrected chi connectivity index (χ0v) is 16.3. The van der Waals surface area contributed by atoms with Crippen molar-refractivity contribution in [3.63, 3.8) is 0 Å². The summed E-state index contributed by atoms with van der Waals surface area (Å²) in [5.41, 5.74) is 2.00. The van der Waals surface area contributed by atoms with Crippen LogP contribution in [0.3, 0.4) is 0 Å². The topological polar surface area (TPSA) is 81.6 Å². The number of hydrogen-bond donors (Lipinski definition) is 4. The van der Waals surface area contributed by atoms with Crippen LogP contribution in [0.4, 0.5) is 5.69 Å². The molecule has 4 N–H and O–H groups in total. The van der Waals surface area contributed by atoms with Gasteiger partial charge in [0.25, 0.3) is 0 Å². The number of halogens is 1. The summed E-state index contributed by atoms with van der Waals surface area (Å²) in [6.07, 6.45) is -0.628. The van der Waals surface area contributed by atoms with E-state index in [9.17, 15) is 15.0 Å². The summed E-state index contributed by atoms with van der Waals surface area (Å²) in [5, 5.41) is 28.4. The Morgan fingerprint density at radius 3 is 2.61 bits per heavy atom. The number of fused-ring (bicyclic) bond motifs is 1. The molecule has 28 heavy (non-hydrogen) atoms. The third-order valence-corrected chi connectivity index (χ3v) is 4.85. The molecule has 0 saturated carbocycles. The van der Waals surface area contributed by atoms with Gasteiger partial charge >= 0.3 is 5.97 Å². The van der Waals surface area contributed by atoms with Crippen LogP contribution in [0.5, 0.6) is 0 Å². The van der Waals surface area contributed by atoms with Crippen molar-refractivity contribution in [1.29, 1.82) is 0 Å². The molecule has 0 bridgehead atoms. The van der Waals surface area contributed by atoms with Crippen LogP contribution in [-0.2, 0) is 0 Å². The first-order chi connectivity index (χ1) is 13.4. The molecule has 0 fully saturated rings. The zero-order valence-electron chi connectivity index (χ0n) is 15.5. The molecule has 0 aliphatic carbocycles. The van der Waals surface area contributed by atoms with Gasteiger partial charge in [0.1, 0.15) is 0 Å². The lowest BCUT2D eigenvalue weighted by molar-refractivity contribution is 0.0699. The maximum atomic E-state index is 11.3. The summed E-state index contributed by atoms with van der Waals surface area (Å²) in [4.78, 5) is 11.3. The van der Waals surface area contributed by atoms with Crippen LogP contribution < -0.4 is 10.6 Å². The van der Waals surface area contributed by atoms with Gasteiger partial charge in [-0.25, -0.2) is 4.79 Å². The first kappa shape index (κ1) is 20.1. The summed E-state index contributed by atoms with van der Waals surface area (Å²) in [6, 6.07) is 18.2. The summed E-state index contributed by atoms with van der Waals surface area (Å²) in [6.45, 7) is 3.11. The van der Waals surface area contributed by atoms with E-state index >= 15 is 0 Å². The normalized spacial score (nSPS) is 13.2. The van der Waals surface area contributed by atoms with Gasteiger partial charge in [-0.3, -0.25) is 0 Å². The van der Waals surface area contributed by atoms with Crippen LogP contribution in [0, 0.1) is 0 Å². The fourth-order valence-electron chi connectivity index (χ4n) is 3.07. The zero-order chi connectivity index (χ0) is 20.1. The van der Waals surface area contributed by atoms with E-state index in [-0.39, 0.29) is 6.04 Å². The van der Waals surface area contributed by atoms with E-state index in [1.807, 2.05) is 43.3 Å². The molecular weight excluding hydrogens is 376 g/mol. The van der Waals surface area contributed by atoms with Crippen molar-refractivity contribution in [2.45, 2.75) is 19.1 Å². The van der Waals surface area contributed by atoms with Gasteiger partial charge in [-0.15, -0.1) is 0 Å². The predicted octanol–water partition coefficient (Wildman–Crippen LogP) is 4.32. The maximum absolute atomic E-state index is 11.3. The van der Waals surface area contributed by atoms with Gasteiger partial charge in [-0.05, 0) is 53.6 Å². The smallest absolute Gasteiger partial charge is 0.336 e. The highest BCUT2D eigenvalue weighted by molar-refractivity contribution is 6.30. The largest absolute Gasteiger partial charge is 0.478 e. The van der Waals surface area contributed by atoms with Crippen LogP contribution in [-0.4, -0.2) is 35.3 Å². The SMILES string of the molecule is CC(CNc1ccc2c(C(=O)O)cccc2c1)NCC(O)c1cccc(Cl)c1. The van der Waals surface area contributed by atoms with Crippen LogP contribution in [0.15, 0.2) is 60.7 Å². The van der Waals surface area contributed by atoms with Gasteiger partial charge in [0.2, 0.25) is 0 Å². The third kappa shape index (κ3) is 5.01. The molecule has 0 aliphatic rings. The Morgan fingerprint density at radius 1 is 1.07 bits per heavy atom. The molecule has 3 rings (SSSR count). The number of benzene rings is 3.